The summed E-state index contributed by atoms with van der Waals surface area (Å²) >= 11 is 5.86. The second kappa shape index (κ2) is 5.77. The fourth-order valence-electron chi connectivity index (χ4n) is 2.11. The third kappa shape index (κ3) is 2.94. The molecular weight excluding hydrogens is 305 g/mol. The minimum atomic E-state index is -0.272. The van der Waals surface area contributed by atoms with Crippen molar-refractivity contribution in [3.63, 3.8) is 0 Å². The lowest BCUT2D eigenvalue weighted by atomic mass is 10.2. The van der Waals surface area contributed by atoms with Gasteiger partial charge in [-0.3, -0.25) is 9.20 Å². The number of fused-ring (bicyclic) bond motifs is 1. The van der Waals surface area contributed by atoms with E-state index in [1.54, 1.807) is 31.2 Å². The molecule has 3 rings (SSSR count). The van der Waals surface area contributed by atoms with E-state index < -0.39 is 0 Å². The van der Waals surface area contributed by atoms with Crippen LogP contribution in [0.5, 0.6) is 0 Å². The van der Waals surface area contributed by atoms with Crippen molar-refractivity contribution in [2.24, 2.45) is 0 Å². The second-order valence-electron chi connectivity index (χ2n) is 4.98. The molecule has 0 unspecified atom stereocenters. The number of nitrogens with one attached hydrogen (secondary N) is 1. The van der Waals surface area contributed by atoms with Crippen molar-refractivity contribution < 1.29 is 4.39 Å². The van der Waals surface area contributed by atoms with E-state index >= 15 is 0 Å². The Hall–Kier alpha value is -2.40. The highest BCUT2D eigenvalue weighted by atomic mass is 35.5. The maximum Gasteiger partial charge on any atom is 0.258 e. The molecular formula is C16H13ClFN3O. The van der Waals surface area contributed by atoms with Crippen LogP contribution in [0, 0.1) is 12.7 Å². The number of anilines is 1. The lowest BCUT2D eigenvalue weighted by Crippen LogP contribution is -2.16. The molecule has 0 amide bonds. The number of pyridine rings is 1. The molecule has 0 aliphatic carbocycles. The molecule has 1 N–H and O–H groups in total. The van der Waals surface area contributed by atoms with E-state index in [4.69, 9.17) is 11.6 Å². The Morgan fingerprint density at radius 1 is 1.27 bits per heavy atom. The molecule has 0 fully saturated rings. The van der Waals surface area contributed by atoms with Gasteiger partial charge in [-0.1, -0.05) is 17.7 Å². The molecule has 6 heteroatoms. The maximum atomic E-state index is 13.5. The minimum absolute atomic E-state index is 0.209. The molecule has 0 saturated heterocycles. The van der Waals surface area contributed by atoms with Gasteiger partial charge in [-0.05, 0) is 36.8 Å². The molecule has 0 aliphatic heterocycles. The first kappa shape index (κ1) is 14.5. The van der Waals surface area contributed by atoms with Crippen LogP contribution in [-0.4, -0.2) is 9.38 Å². The predicted molar refractivity (Wildman–Crippen MR) is 84.9 cm³/mol. The van der Waals surface area contributed by atoms with Crippen molar-refractivity contribution in [2.75, 3.05) is 5.32 Å². The molecule has 2 aromatic heterocycles. The van der Waals surface area contributed by atoms with E-state index in [2.05, 4.69) is 10.3 Å². The molecule has 0 spiro atoms. The van der Waals surface area contributed by atoms with Gasteiger partial charge in [0, 0.05) is 18.0 Å². The molecule has 0 bridgehead atoms. The second-order valence-corrected chi connectivity index (χ2v) is 5.42. The van der Waals surface area contributed by atoms with Crippen molar-refractivity contribution in [2.45, 2.75) is 13.5 Å². The molecule has 22 heavy (non-hydrogen) atoms. The van der Waals surface area contributed by atoms with Gasteiger partial charge < -0.3 is 5.32 Å². The van der Waals surface area contributed by atoms with Crippen LogP contribution in [-0.2, 0) is 6.54 Å². The van der Waals surface area contributed by atoms with Gasteiger partial charge in [-0.25, -0.2) is 9.37 Å². The molecule has 3 aromatic rings. The monoisotopic (exact) mass is 317 g/mol. The molecule has 0 saturated carbocycles. The number of aromatic nitrogens is 2. The first-order valence-electron chi connectivity index (χ1n) is 6.71. The van der Waals surface area contributed by atoms with Crippen LogP contribution in [0.2, 0.25) is 5.02 Å². The number of hydrogen-bond acceptors (Lipinski definition) is 3. The van der Waals surface area contributed by atoms with Gasteiger partial charge in [0.15, 0.2) is 0 Å². The number of aryl methyl sites for hydroxylation is 1. The van der Waals surface area contributed by atoms with Crippen molar-refractivity contribution in [1.29, 1.82) is 0 Å². The Kier molecular flexibility index (Phi) is 3.81. The van der Waals surface area contributed by atoms with Crippen LogP contribution in [0.4, 0.5) is 10.1 Å². The van der Waals surface area contributed by atoms with Crippen molar-refractivity contribution in [1.82, 2.24) is 9.38 Å². The zero-order valence-corrected chi connectivity index (χ0v) is 12.6. The van der Waals surface area contributed by atoms with Gasteiger partial charge in [0.1, 0.15) is 11.5 Å². The van der Waals surface area contributed by atoms with Crippen molar-refractivity contribution >= 4 is 22.9 Å². The van der Waals surface area contributed by atoms with Crippen LogP contribution < -0.4 is 10.9 Å². The van der Waals surface area contributed by atoms with Crippen LogP contribution in [0.1, 0.15) is 11.3 Å². The van der Waals surface area contributed by atoms with E-state index in [0.29, 0.717) is 34.2 Å². The average Bonchev–Trinajstić information content (AvgIpc) is 2.49. The average molecular weight is 318 g/mol. The predicted octanol–water partition coefficient (Wildman–Crippen LogP) is 3.41. The van der Waals surface area contributed by atoms with E-state index in [0.717, 1.165) is 0 Å². The van der Waals surface area contributed by atoms with Crippen molar-refractivity contribution in [3.8, 4) is 0 Å². The Labute approximate surface area is 131 Å². The molecule has 2 heterocycles. The minimum Gasteiger partial charge on any atom is -0.379 e. The first-order chi connectivity index (χ1) is 10.5. The Morgan fingerprint density at radius 3 is 2.86 bits per heavy atom. The summed E-state index contributed by atoms with van der Waals surface area (Å²) < 4.78 is 14.9. The van der Waals surface area contributed by atoms with Crippen LogP contribution in [0.15, 0.2) is 47.4 Å². The summed E-state index contributed by atoms with van der Waals surface area (Å²) in [5.41, 5.74) is 2.11. The van der Waals surface area contributed by atoms with E-state index in [1.165, 1.54) is 22.7 Å². The van der Waals surface area contributed by atoms with Crippen LogP contribution >= 0.6 is 11.6 Å². The van der Waals surface area contributed by atoms with E-state index in [1.807, 2.05) is 0 Å². The number of rotatable bonds is 3. The zero-order valence-electron chi connectivity index (χ0n) is 11.8. The van der Waals surface area contributed by atoms with Gasteiger partial charge >= 0.3 is 0 Å². The Morgan fingerprint density at radius 2 is 2.09 bits per heavy atom. The summed E-state index contributed by atoms with van der Waals surface area (Å²) in [7, 11) is 0. The number of halogens is 2. The third-order valence-corrected chi connectivity index (χ3v) is 3.55. The van der Waals surface area contributed by atoms with Gasteiger partial charge in [-0.2, -0.15) is 0 Å². The maximum absolute atomic E-state index is 13.5. The van der Waals surface area contributed by atoms with Gasteiger partial charge in [0.05, 0.1) is 17.3 Å². The highest BCUT2D eigenvalue weighted by Crippen LogP contribution is 2.14. The fraction of sp³-hybridized carbons (Fsp3) is 0.125. The largest absolute Gasteiger partial charge is 0.379 e. The summed E-state index contributed by atoms with van der Waals surface area (Å²) in [6, 6.07) is 9.69. The third-order valence-electron chi connectivity index (χ3n) is 3.32. The van der Waals surface area contributed by atoms with Gasteiger partial charge in [-0.15, -0.1) is 0 Å². The molecule has 4 nitrogen and oxygen atoms in total. The van der Waals surface area contributed by atoms with Crippen LogP contribution in [0.3, 0.4) is 0 Å². The smallest absolute Gasteiger partial charge is 0.258 e. The summed E-state index contributed by atoms with van der Waals surface area (Å²) in [5, 5.41) is 3.53. The lowest BCUT2D eigenvalue weighted by molar-refractivity contribution is 0.619. The highest BCUT2D eigenvalue weighted by molar-refractivity contribution is 6.30. The summed E-state index contributed by atoms with van der Waals surface area (Å²) in [4.78, 5) is 16.4. The highest BCUT2D eigenvalue weighted by Gasteiger charge is 2.04. The quantitative estimate of drug-likeness (QED) is 0.805. The summed E-state index contributed by atoms with van der Waals surface area (Å²) in [6.45, 7) is 2.03. The topological polar surface area (TPSA) is 46.4 Å². The molecule has 1 aromatic carbocycles. The molecule has 0 radical (unpaired) electrons. The molecule has 0 aliphatic rings. The first-order valence-corrected chi connectivity index (χ1v) is 7.08. The van der Waals surface area contributed by atoms with Crippen LogP contribution in [0.25, 0.3) is 5.65 Å². The number of benzene rings is 1. The number of hydrogen-bond donors (Lipinski definition) is 1. The summed E-state index contributed by atoms with van der Waals surface area (Å²) in [5.74, 6) is -0.272. The Balaban J connectivity index is 1.86. The zero-order chi connectivity index (χ0) is 15.7. The molecule has 0 atom stereocenters. The van der Waals surface area contributed by atoms with Gasteiger partial charge in [0.2, 0.25) is 0 Å². The normalized spacial score (nSPS) is 10.9. The standard InChI is InChI=1S/C16H13ClFN3O/c1-10-2-4-12(6-14(10)18)19-8-13-7-16(22)21-9-11(17)3-5-15(21)20-13/h2-7,9,19H,8H2,1H3. The summed E-state index contributed by atoms with van der Waals surface area (Å²) in [6.07, 6.45) is 1.53. The van der Waals surface area contributed by atoms with Gasteiger partial charge in [0.25, 0.3) is 5.56 Å². The fourth-order valence-corrected chi connectivity index (χ4v) is 2.27. The van der Waals surface area contributed by atoms with E-state index in [-0.39, 0.29) is 11.4 Å². The lowest BCUT2D eigenvalue weighted by Gasteiger charge is -2.08. The molecule has 112 valence electrons. The Bertz CT molecular complexity index is 908. The van der Waals surface area contributed by atoms with E-state index in [9.17, 15) is 9.18 Å². The van der Waals surface area contributed by atoms with Crippen molar-refractivity contribution in [3.05, 3.63) is 75.0 Å². The number of nitrogens with zero attached hydrogens (tertiary/aromatic N) is 2. The SMILES string of the molecule is Cc1ccc(NCc2cc(=O)n3cc(Cl)ccc3n2)cc1F.